The number of hydrogen-bond donors (Lipinski definition) is 1. The molecule has 92 valence electrons. The number of nitrogens with two attached hydrogens (primary N) is 1. The minimum absolute atomic E-state index is 0.157. The second kappa shape index (κ2) is 5.14. The maximum absolute atomic E-state index is 13.8. The highest BCUT2D eigenvalue weighted by molar-refractivity contribution is 7.80. The van der Waals surface area contributed by atoms with E-state index in [0.29, 0.717) is 11.3 Å². The van der Waals surface area contributed by atoms with Crippen molar-refractivity contribution in [2.24, 2.45) is 5.73 Å². The van der Waals surface area contributed by atoms with E-state index in [-0.39, 0.29) is 10.7 Å². The van der Waals surface area contributed by atoms with Crippen LogP contribution >= 0.6 is 12.2 Å². The van der Waals surface area contributed by atoms with Crippen molar-refractivity contribution in [1.29, 1.82) is 0 Å². The van der Waals surface area contributed by atoms with Crippen LogP contribution in [0, 0.1) is 12.7 Å². The molecule has 0 bridgehead atoms. The maximum Gasteiger partial charge on any atom is 0.166 e. The molecule has 0 saturated heterocycles. The molecular weight excluding hydrogens is 249 g/mol. The predicted octanol–water partition coefficient (Wildman–Crippen LogP) is 3.56. The van der Waals surface area contributed by atoms with Gasteiger partial charge in [0.25, 0.3) is 0 Å². The number of benzene rings is 2. The number of rotatable bonds is 3. The first-order valence-electron chi connectivity index (χ1n) is 5.41. The van der Waals surface area contributed by atoms with Crippen molar-refractivity contribution >= 4 is 17.2 Å². The van der Waals surface area contributed by atoms with Gasteiger partial charge in [-0.05, 0) is 36.8 Å². The van der Waals surface area contributed by atoms with Gasteiger partial charge in [0.05, 0.1) is 0 Å². The summed E-state index contributed by atoms with van der Waals surface area (Å²) in [4.78, 5) is 0.163. The van der Waals surface area contributed by atoms with Crippen molar-refractivity contribution in [3.05, 3.63) is 59.4 Å². The van der Waals surface area contributed by atoms with Crippen molar-refractivity contribution in [2.45, 2.75) is 6.92 Å². The molecule has 0 heterocycles. The van der Waals surface area contributed by atoms with E-state index in [9.17, 15) is 4.39 Å². The molecule has 0 atom stereocenters. The Morgan fingerprint density at radius 1 is 1.17 bits per heavy atom. The molecule has 18 heavy (non-hydrogen) atoms. The van der Waals surface area contributed by atoms with Gasteiger partial charge in [-0.3, -0.25) is 0 Å². The first-order chi connectivity index (χ1) is 8.58. The van der Waals surface area contributed by atoms with Gasteiger partial charge in [-0.15, -0.1) is 0 Å². The van der Waals surface area contributed by atoms with Gasteiger partial charge >= 0.3 is 0 Å². The van der Waals surface area contributed by atoms with Crippen LogP contribution in [0.25, 0.3) is 0 Å². The number of thiocarbonyl (C=S) groups is 1. The molecule has 0 saturated carbocycles. The summed E-state index contributed by atoms with van der Waals surface area (Å²) in [6, 6.07) is 11.9. The van der Waals surface area contributed by atoms with Gasteiger partial charge < -0.3 is 10.5 Å². The van der Waals surface area contributed by atoms with Crippen LogP contribution in [0.15, 0.2) is 42.5 Å². The van der Waals surface area contributed by atoms with Crippen LogP contribution in [0.1, 0.15) is 11.1 Å². The standard InChI is InChI=1S/C14H12FNOS/c1-9-4-2-3-5-12(9)17-13-7-6-10(14(16)18)8-11(13)15/h2-8H,1H3,(H2,16,18). The van der Waals surface area contributed by atoms with E-state index in [4.69, 9.17) is 22.7 Å². The van der Waals surface area contributed by atoms with Crippen molar-refractivity contribution in [2.75, 3.05) is 0 Å². The summed E-state index contributed by atoms with van der Waals surface area (Å²) < 4.78 is 19.3. The number of hydrogen-bond acceptors (Lipinski definition) is 2. The molecule has 0 aliphatic rings. The molecule has 2 nitrogen and oxygen atoms in total. The smallest absolute Gasteiger partial charge is 0.166 e. The Balaban J connectivity index is 2.30. The monoisotopic (exact) mass is 261 g/mol. The Morgan fingerprint density at radius 3 is 2.50 bits per heavy atom. The van der Waals surface area contributed by atoms with Gasteiger partial charge in [-0.25, -0.2) is 4.39 Å². The minimum Gasteiger partial charge on any atom is -0.454 e. The number of ether oxygens (including phenoxy) is 1. The Bertz CT molecular complexity index is 598. The summed E-state index contributed by atoms with van der Waals surface area (Å²) in [6.45, 7) is 1.90. The second-order valence-corrected chi connectivity index (χ2v) is 4.32. The van der Waals surface area contributed by atoms with Crippen LogP contribution in [0.5, 0.6) is 11.5 Å². The third-order valence-corrected chi connectivity index (χ3v) is 2.77. The van der Waals surface area contributed by atoms with Crippen LogP contribution in [0.4, 0.5) is 4.39 Å². The first kappa shape index (κ1) is 12.5. The zero-order valence-corrected chi connectivity index (χ0v) is 10.6. The van der Waals surface area contributed by atoms with Gasteiger partial charge in [-0.1, -0.05) is 30.4 Å². The van der Waals surface area contributed by atoms with Gasteiger partial charge in [-0.2, -0.15) is 0 Å². The van der Waals surface area contributed by atoms with E-state index in [0.717, 1.165) is 5.56 Å². The third kappa shape index (κ3) is 2.65. The molecule has 2 rings (SSSR count). The molecule has 4 heteroatoms. The fraction of sp³-hybridized carbons (Fsp3) is 0.0714. The Labute approximate surface area is 110 Å². The molecular formula is C14H12FNOS. The largest absolute Gasteiger partial charge is 0.454 e. The highest BCUT2D eigenvalue weighted by Crippen LogP contribution is 2.27. The number of aryl methyl sites for hydroxylation is 1. The van der Waals surface area contributed by atoms with Gasteiger partial charge in [0.15, 0.2) is 11.6 Å². The summed E-state index contributed by atoms with van der Waals surface area (Å²) >= 11 is 4.79. The highest BCUT2D eigenvalue weighted by Gasteiger charge is 2.08. The van der Waals surface area contributed by atoms with Crippen molar-refractivity contribution < 1.29 is 9.13 Å². The third-order valence-electron chi connectivity index (χ3n) is 2.53. The Hall–Kier alpha value is -1.94. The van der Waals surface area contributed by atoms with E-state index in [1.165, 1.54) is 12.1 Å². The second-order valence-electron chi connectivity index (χ2n) is 3.88. The van der Waals surface area contributed by atoms with E-state index < -0.39 is 5.82 Å². The zero-order chi connectivity index (χ0) is 13.1. The van der Waals surface area contributed by atoms with E-state index >= 15 is 0 Å². The summed E-state index contributed by atoms with van der Waals surface area (Å²) in [5.74, 6) is 0.298. The minimum atomic E-state index is -0.483. The van der Waals surface area contributed by atoms with Crippen LogP contribution < -0.4 is 10.5 Å². The van der Waals surface area contributed by atoms with Crippen LogP contribution in [0.2, 0.25) is 0 Å². The lowest BCUT2D eigenvalue weighted by atomic mass is 10.2. The van der Waals surface area contributed by atoms with Crippen LogP contribution in [-0.4, -0.2) is 4.99 Å². The van der Waals surface area contributed by atoms with Crippen molar-refractivity contribution in [1.82, 2.24) is 0 Å². The molecule has 0 aliphatic carbocycles. The average Bonchev–Trinajstić information content (AvgIpc) is 2.34. The van der Waals surface area contributed by atoms with Crippen molar-refractivity contribution in [3.63, 3.8) is 0 Å². The lowest BCUT2D eigenvalue weighted by molar-refractivity contribution is 0.439. The molecule has 2 N–H and O–H groups in total. The Morgan fingerprint density at radius 2 is 1.89 bits per heavy atom. The van der Waals surface area contributed by atoms with Gasteiger partial charge in [0.1, 0.15) is 10.7 Å². The SMILES string of the molecule is Cc1ccccc1Oc1ccc(C(N)=S)cc1F. The van der Waals surface area contributed by atoms with Gasteiger partial charge in [0, 0.05) is 5.56 Å². The normalized spacial score (nSPS) is 10.1. The quantitative estimate of drug-likeness (QED) is 0.858. The lowest BCUT2D eigenvalue weighted by Gasteiger charge is -2.09. The fourth-order valence-electron chi connectivity index (χ4n) is 1.53. The highest BCUT2D eigenvalue weighted by atomic mass is 32.1. The number of halogens is 1. The molecule has 0 radical (unpaired) electrons. The Kier molecular flexibility index (Phi) is 3.58. The lowest BCUT2D eigenvalue weighted by Crippen LogP contribution is -2.09. The maximum atomic E-state index is 13.8. The molecule has 2 aromatic carbocycles. The van der Waals surface area contributed by atoms with E-state index in [1.807, 2.05) is 25.1 Å². The summed E-state index contributed by atoms with van der Waals surface area (Å²) in [5.41, 5.74) is 6.86. The molecule has 0 aromatic heterocycles. The molecule has 0 amide bonds. The predicted molar refractivity (Wildman–Crippen MR) is 73.5 cm³/mol. The van der Waals surface area contributed by atoms with E-state index in [2.05, 4.69) is 0 Å². The van der Waals surface area contributed by atoms with E-state index in [1.54, 1.807) is 12.1 Å². The molecule has 0 fully saturated rings. The molecule has 2 aromatic rings. The molecule has 0 unspecified atom stereocenters. The summed E-state index contributed by atoms with van der Waals surface area (Å²) in [7, 11) is 0. The average molecular weight is 261 g/mol. The summed E-state index contributed by atoms with van der Waals surface area (Å²) in [6.07, 6.45) is 0. The number of para-hydroxylation sites is 1. The first-order valence-corrected chi connectivity index (χ1v) is 5.81. The molecule has 0 spiro atoms. The van der Waals surface area contributed by atoms with Crippen LogP contribution in [0.3, 0.4) is 0 Å². The summed E-state index contributed by atoms with van der Waals surface area (Å²) in [5, 5.41) is 0. The fourth-order valence-corrected chi connectivity index (χ4v) is 1.65. The topological polar surface area (TPSA) is 35.2 Å². The molecule has 0 aliphatic heterocycles. The zero-order valence-electron chi connectivity index (χ0n) is 9.81. The van der Waals surface area contributed by atoms with Crippen molar-refractivity contribution in [3.8, 4) is 11.5 Å². The van der Waals surface area contributed by atoms with Crippen LogP contribution in [-0.2, 0) is 0 Å². The van der Waals surface area contributed by atoms with Gasteiger partial charge in [0.2, 0.25) is 0 Å².